The number of hydrogen-bond acceptors (Lipinski definition) is 4. The second-order valence-corrected chi connectivity index (χ2v) is 8.28. The van der Waals surface area contributed by atoms with Crippen molar-refractivity contribution in [3.8, 4) is 11.4 Å². The van der Waals surface area contributed by atoms with E-state index in [1.165, 1.54) is 4.57 Å². The van der Waals surface area contributed by atoms with Crippen molar-refractivity contribution in [2.24, 2.45) is 7.05 Å². The molecule has 0 amide bonds. The van der Waals surface area contributed by atoms with Crippen LogP contribution in [0.1, 0.15) is 22.8 Å². The van der Waals surface area contributed by atoms with Crippen LogP contribution in [0, 0.1) is 11.6 Å². The van der Waals surface area contributed by atoms with E-state index >= 15 is 0 Å². The lowest BCUT2D eigenvalue weighted by molar-refractivity contribution is 0.562. The van der Waals surface area contributed by atoms with E-state index in [2.05, 4.69) is 10.2 Å². The summed E-state index contributed by atoms with van der Waals surface area (Å²) in [5, 5.41) is 6.62. The second-order valence-electron chi connectivity index (χ2n) is 6.26. The SMILES string of the molecule is Cn1c(-c2ccccc2)nnc1S(=O)(=O)C1CCc2c(F)cc(F)cc21. The van der Waals surface area contributed by atoms with Crippen LogP contribution in [0.25, 0.3) is 11.4 Å². The van der Waals surface area contributed by atoms with E-state index in [1.807, 2.05) is 18.2 Å². The quantitative estimate of drug-likeness (QED) is 0.705. The summed E-state index contributed by atoms with van der Waals surface area (Å²) in [6, 6.07) is 11.0. The van der Waals surface area contributed by atoms with Crippen LogP contribution in [-0.2, 0) is 23.3 Å². The predicted molar refractivity (Wildman–Crippen MR) is 91.0 cm³/mol. The maximum absolute atomic E-state index is 14.0. The molecule has 3 aromatic rings. The van der Waals surface area contributed by atoms with Gasteiger partial charge in [-0.15, -0.1) is 10.2 Å². The average Bonchev–Trinajstić information content (AvgIpc) is 3.20. The first-order valence-electron chi connectivity index (χ1n) is 8.06. The molecule has 1 unspecified atom stereocenters. The number of halogens is 2. The molecular formula is C18H15F2N3O2S. The van der Waals surface area contributed by atoms with E-state index in [-0.39, 0.29) is 29.1 Å². The highest BCUT2D eigenvalue weighted by Gasteiger charge is 2.39. The minimum atomic E-state index is -3.95. The van der Waals surface area contributed by atoms with Crippen LogP contribution in [0.15, 0.2) is 47.6 Å². The molecule has 0 bridgehead atoms. The van der Waals surface area contributed by atoms with Crippen LogP contribution in [0.5, 0.6) is 0 Å². The van der Waals surface area contributed by atoms with Gasteiger partial charge in [0.05, 0.1) is 5.25 Å². The van der Waals surface area contributed by atoms with Gasteiger partial charge in [-0.3, -0.25) is 0 Å². The Bertz CT molecular complexity index is 1100. The maximum Gasteiger partial charge on any atom is 0.250 e. The van der Waals surface area contributed by atoms with Gasteiger partial charge in [0.1, 0.15) is 11.6 Å². The highest BCUT2D eigenvalue weighted by atomic mass is 32.2. The van der Waals surface area contributed by atoms with E-state index < -0.39 is 26.7 Å². The topological polar surface area (TPSA) is 64.8 Å². The summed E-state index contributed by atoms with van der Waals surface area (Å²) < 4.78 is 55.2. The molecule has 1 heterocycles. The molecule has 0 N–H and O–H groups in total. The number of rotatable bonds is 3. The highest BCUT2D eigenvalue weighted by Crippen LogP contribution is 2.41. The van der Waals surface area contributed by atoms with E-state index in [9.17, 15) is 17.2 Å². The summed E-state index contributed by atoms with van der Waals surface area (Å²) in [7, 11) is -2.38. The Hall–Kier alpha value is -2.61. The van der Waals surface area contributed by atoms with E-state index in [0.29, 0.717) is 5.82 Å². The Labute approximate surface area is 149 Å². The van der Waals surface area contributed by atoms with Crippen molar-refractivity contribution in [2.45, 2.75) is 23.2 Å². The number of sulfone groups is 1. The van der Waals surface area contributed by atoms with Gasteiger partial charge < -0.3 is 4.57 Å². The zero-order chi connectivity index (χ0) is 18.5. The van der Waals surface area contributed by atoms with Gasteiger partial charge in [0.15, 0.2) is 5.82 Å². The third-order valence-electron chi connectivity index (χ3n) is 4.69. The number of hydrogen-bond donors (Lipinski definition) is 0. The molecule has 1 aliphatic rings. The Morgan fingerprint density at radius 2 is 1.85 bits per heavy atom. The van der Waals surface area contributed by atoms with E-state index in [1.54, 1.807) is 19.2 Å². The molecule has 4 rings (SSSR count). The standard InChI is InChI=1S/C18H15F2N3O2S/c1-23-17(11-5-3-2-4-6-11)21-22-18(23)26(24,25)16-8-7-13-14(16)9-12(19)10-15(13)20/h2-6,9-10,16H,7-8H2,1H3. The largest absolute Gasteiger partial charge is 0.301 e. The second kappa shape index (κ2) is 5.98. The van der Waals surface area contributed by atoms with Crippen LogP contribution in [-0.4, -0.2) is 23.2 Å². The number of benzene rings is 2. The normalized spacial score (nSPS) is 16.7. The van der Waals surface area contributed by atoms with Crippen molar-refractivity contribution in [3.05, 3.63) is 65.2 Å². The fraction of sp³-hybridized carbons (Fsp3) is 0.222. The smallest absolute Gasteiger partial charge is 0.250 e. The van der Waals surface area contributed by atoms with Gasteiger partial charge in [0.2, 0.25) is 15.0 Å². The van der Waals surface area contributed by atoms with Gasteiger partial charge in [0, 0.05) is 18.7 Å². The molecule has 1 aliphatic carbocycles. The molecule has 1 atom stereocenters. The summed E-state index contributed by atoms with van der Waals surface area (Å²) in [5.74, 6) is -1.08. The molecule has 1 aromatic heterocycles. The van der Waals surface area contributed by atoms with Gasteiger partial charge in [-0.25, -0.2) is 17.2 Å². The first kappa shape index (κ1) is 16.8. The monoisotopic (exact) mass is 375 g/mol. The summed E-state index contributed by atoms with van der Waals surface area (Å²) in [6.45, 7) is 0. The minimum Gasteiger partial charge on any atom is -0.301 e. The van der Waals surface area contributed by atoms with Crippen molar-refractivity contribution in [2.75, 3.05) is 0 Å². The summed E-state index contributed by atoms with van der Waals surface area (Å²) >= 11 is 0. The molecule has 0 saturated heterocycles. The molecule has 26 heavy (non-hydrogen) atoms. The summed E-state index contributed by atoms with van der Waals surface area (Å²) in [4.78, 5) is 0. The average molecular weight is 375 g/mol. The maximum atomic E-state index is 14.0. The molecule has 0 aliphatic heterocycles. The zero-order valence-corrected chi connectivity index (χ0v) is 14.7. The predicted octanol–water partition coefficient (Wildman–Crippen LogP) is 3.22. The minimum absolute atomic E-state index is 0.173. The van der Waals surface area contributed by atoms with Crippen LogP contribution in [0.3, 0.4) is 0 Å². The van der Waals surface area contributed by atoms with Gasteiger partial charge in [-0.2, -0.15) is 0 Å². The Morgan fingerprint density at radius 3 is 2.58 bits per heavy atom. The van der Waals surface area contributed by atoms with Crippen LogP contribution < -0.4 is 0 Å². The van der Waals surface area contributed by atoms with Crippen LogP contribution in [0.2, 0.25) is 0 Å². The third-order valence-corrected chi connectivity index (χ3v) is 6.80. The lowest BCUT2D eigenvalue weighted by Gasteiger charge is -2.13. The van der Waals surface area contributed by atoms with Gasteiger partial charge in [-0.05, 0) is 30.0 Å². The fourth-order valence-corrected chi connectivity index (χ4v) is 5.31. The third kappa shape index (κ3) is 2.52. The van der Waals surface area contributed by atoms with E-state index in [4.69, 9.17) is 0 Å². The molecule has 0 fully saturated rings. The van der Waals surface area contributed by atoms with Gasteiger partial charge in [-0.1, -0.05) is 30.3 Å². The van der Waals surface area contributed by atoms with Crippen molar-refractivity contribution >= 4 is 9.84 Å². The van der Waals surface area contributed by atoms with Crippen molar-refractivity contribution in [1.29, 1.82) is 0 Å². The Balaban J connectivity index is 1.80. The number of aromatic nitrogens is 3. The van der Waals surface area contributed by atoms with E-state index in [0.717, 1.165) is 17.7 Å². The summed E-state index contributed by atoms with van der Waals surface area (Å²) in [6.07, 6.45) is 0.431. The van der Waals surface area contributed by atoms with Crippen LogP contribution in [0.4, 0.5) is 8.78 Å². The van der Waals surface area contributed by atoms with Gasteiger partial charge >= 0.3 is 0 Å². The van der Waals surface area contributed by atoms with Crippen LogP contribution >= 0.6 is 0 Å². The first-order valence-corrected chi connectivity index (χ1v) is 9.60. The van der Waals surface area contributed by atoms with Crippen molar-refractivity contribution < 1.29 is 17.2 Å². The number of fused-ring (bicyclic) bond motifs is 1. The first-order chi connectivity index (χ1) is 12.4. The molecule has 0 radical (unpaired) electrons. The molecule has 2 aromatic carbocycles. The molecule has 0 spiro atoms. The Morgan fingerprint density at radius 1 is 1.12 bits per heavy atom. The van der Waals surface area contributed by atoms with Crippen molar-refractivity contribution in [3.63, 3.8) is 0 Å². The zero-order valence-electron chi connectivity index (χ0n) is 13.9. The summed E-state index contributed by atoms with van der Waals surface area (Å²) in [5.41, 5.74) is 1.16. The highest BCUT2D eigenvalue weighted by molar-refractivity contribution is 7.91. The molecular weight excluding hydrogens is 360 g/mol. The Kier molecular flexibility index (Phi) is 3.87. The molecule has 8 heteroatoms. The molecule has 5 nitrogen and oxygen atoms in total. The van der Waals surface area contributed by atoms with Gasteiger partial charge in [0.25, 0.3) is 0 Å². The lowest BCUT2D eigenvalue weighted by atomic mass is 10.1. The number of nitrogens with zero attached hydrogens (tertiary/aromatic N) is 3. The molecule has 0 saturated carbocycles. The fourth-order valence-electron chi connectivity index (χ4n) is 3.46. The van der Waals surface area contributed by atoms with Crippen molar-refractivity contribution in [1.82, 2.24) is 14.8 Å². The lowest BCUT2D eigenvalue weighted by Crippen LogP contribution is -2.16. The molecule has 134 valence electrons.